The Morgan fingerprint density at radius 1 is 1.53 bits per heavy atom. The zero-order valence-corrected chi connectivity index (χ0v) is 13.5. The normalized spacial score (nSPS) is 10.5. The van der Waals surface area contributed by atoms with Gasteiger partial charge in [-0.1, -0.05) is 22.0 Å². The summed E-state index contributed by atoms with van der Waals surface area (Å²) in [6.07, 6.45) is 0. The lowest BCUT2D eigenvalue weighted by molar-refractivity contribution is -0.127. The van der Waals surface area contributed by atoms with Crippen LogP contribution in [0.2, 0.25) is 0 Å². The lowest BCUT2D eigenvalue weighted by atomic mass is 10.2. The summed E-state index contributed by atoms with van der Waals surface area (Å²) >= 11 is 4.65. The molecule has 0 heterocycles. The fraction of sp³-hybridized carbons (Fsp3) is 0.462. The van der Waals surface area contributed by atoms with Crippen molar-refractivity contribution in [3.05, 3.63) is 34.1 Å². The molecule has 19 heavy (non-hydrogen) atoms. The summed E-state index contributed by atoms with van der Waals surface area (Å²) in [7, 11) is 3.63. The first-order valence-electron chi connectivity index (χ1n) is 5.95. The van der Waals surface area contributed by atoms with Crippen molar-refractivity contribution in [3.63, 3.8) is 0 Å². The zero-order valence-electron chi connectivity index (χ0n) is 11.1. The standard InChI is InChI=1S/C13H18BrFN2OS/c1-16-5-6-17(2)13(18)9-19-8-10-3-4-11(14)7-12(10)15/h3-4,7,16H,5-6,8-9H2,1-2H3. The number of nitrogens with one attached hydrogen (secondary N) is 1. The highest BCUT2D eigenvalue weighted by atomic mass is 79.9. The SMILES string of the molecule is CNCCN(C)C(=O)CSCc1ccc(Br)cc1F. The number of nitrogens with zero attached hydrogens (tertiary/aromatic N) is 1. The second kappa shape index (κ2) is 8.55. The minimum Gasteiger partial charge on any atom is -0.344 e. The smallest absolute Gasteiger partial charge is 0.232 e. The Morgan fingerprint density at radius 2 is 2.26 bits per heavy atom. The molecule has 1 rings (SSSR count). The fourth-order valence-electron chi connectivity index (χ4n) is 1.40. The maximum absolute atomic E-state index is 13.6. The highest BCUT2D eigenvalue weighted by molar-refractivity contribution is 9.10. The molecule has 0 unspecified atom stereocenters. The topological polar surface area (TPSA) is 32.3 Å². The summed E-state index contributed by atoms with van der Waals surface area (Å²) in [6, 6.07) is 4.98. The summed E-state index contributed by atoms with van der Waals surface area (Å²) in [5, 5.41) is 2.99. The average molecular weight is 349 g/mol. The summed E-state index contributed by atoms with van der Waals surface area (Å²) in [4.78, 5) is 13.4. The average Bonchev–Trinajstić information content (AvgIpc) is 2.38. The Bertz CT molecular complexity index is 431. The van der Waals surface area contributed by atoms with Crippen molar-refractivity contribution >= 4 is 33.6 Å². The second-order valence-electron chi connectivity index (χ2n) is 4.15. The molecule has 0 spiro atoms. The molecule has 0 atom stereocenters. The van der Waals surface area contributed by atoms with E-state index in [0.29, 0.717) is 23.6 Å². The van der Waals surface area contributed by atoms with Crippen molar-refractivity contribution in [1.29, 1.82) is 0 Å². The molecular formula is C13H18BrFN2OS. The molecular weight excluding hydrogens is 331 g/mol. The van der Waals surface area contributed by atoms with Gasteiger partial charge in [-0.05, 0) is 24.7 Å². The Labute approximate surface area is 126 Å². The summed E-state index contributed by atoms with van der Waals surface area (Å²) in [5.74, 6) is 0.705. The van der Waals surface area contributed by atoms with E-state index in [2.05, 4.69) is 21.2 Å². The Morgan fingerprint density at radius 3 is 2.89 bits per heavy atom. The molecule has 0 aliphatic rings. The van der Waals surface area contributed by atoms with Crippen LogP contribution in [0.5, 0.6) is 0 Å². The number of carbonyl (C=O) groups is 1. The summed E-state index contributed by atoms with van der Waals surface area (Å²) in [5.41, 5.74) is 0.624. The number of carbonyl (C=O) groups excluding carboxylic acids is 1. The van der Waals surface area contributed by atoms with E-state index in [-0.39, 0.29) is 11.7 Å². The third-order valence-corrected chi connectivity index (χ3v) is 4.08. The minimum absolute atomic E-state index is 0.0674. The van der Waals surface area contributed by atoms with Crippen molar-refractivity contribution in [2.75, 3.05) is 32.9 Å². The molecule has 6 heteroatoms. The van der Waals surface area contributed by atoms with Crippen molar-refractivity contribution in [2.24, 2.45) is 0 Å². The van der Waals surface area contributed by atoms with Crippen LogP contribution in [0.25, 0.3) is 0 Å². The number of hydrogen-bond acceptors (Lipinski definition) is 3. The molecule has 0 radical (unpaired) electrons. The highest BCUT2D eigenvalue weighted by Gasteiger charge is 2.09. The first-order chi connectivity index (χ1) is 9.04. The summed E-state index contributed by atoms with van der Waals surface area (Å²) in [6.45, 7) is 1.46. The third-order valence-electron chi connectivity index (χ3n) is 2.62. The van der Waals surface area contributed by atoms with Crippen LogP contribution in [0.4, 0.5) is 4.39 Å². The van der Waals surface area contributed by atoms with E-state index in [1.54, 1.807) is 24.1 Å². The predicted octanol–water partition coefficient (Wildman–Crippen LogP) is 2.50. The summed E-state index contributed by atoms with van der Waals surface area (Å²) < 4.78 is 14.3. The quantitative estimate of drug-likeness (QED) is 0.821. The third kappa shape index (κ3) is 5.93. The van der Waals surface area contributed by atoms with Gasteiger partial charge in [0.05, 0.1) is 5.75 Å². The maximum atomic E-state index is 13.6. The van der Waals surface area contributed by atoms with E-state index in [1.165, 1.54) is 17.8 Å². The monoisotopic (exact) mass is 348 g/mol. The van der Waals surface area contributed by atoms with Gasteiger partial charge in [-0.15, -0.1) is 11.8 Å². The molecule has 0 saturated heterocycles. The molecule has 1 aromatic carbocycles. The van der Waals surface area contributed by atoms with Gasteiger partial charge in [0.1, 0.15) is 5.82 Å². The van der Waals surface area contributed by atoms with Crippen molar-refractivity contribution < 1.29 is 9.18 Å². The van der Waals surface area contributed by atoms with Crippen molar-refractivity contribution in [3.8, 4) is 0 Å². The molecule has 0 saturated carbocycles. The van der Waals surface area contributed by atoms with Gasteiger partial charge < -0.3 is 10.2 Å². The first-order valence-corrected chi connectivity index (χ1v) is 7.89. The number of rotatable bonds is 7. The van der Waals surface area contributed by atoms with Crippen LogP contribution in [0.1, 0.15) is 5.56 Å². The maximum Gasteiger partial charge on any atom is 0.232 e. The molecule has 3 nitrogen and oxygen atoms in total. The van der Waals surface area contributed by atoms with Crippen LogP contribution in [-0.4, -0.2) is 43.7 Å². The van der Waals surface area contributed by atoms with E-state index in [0.717, 1.165) is 11.0 Å². The lowest BCUT2D eigenvalue weighted by Gasteiger charge is -2.16. The Hall–Kier alpha value is -0.590. The van der Waals surface area contributed by atoms with Crippen LogP contribution < -0.4 is 5.32 Å². The van der Waals surface area contributed by atoms with Gasteiger partial charge in [-0.2, -0.15) is 0 Å². The number of amides is 1. The van der Waals surface area contributed by atoms with Crippen LogP contribution in [0, 0.1) is 5.82 Å². The van der Waals surface area contributed by atoms with E-state index < -0.39 is 0 Å². The lowest BCUT2D eigenvalue weighted by Crippen LogP contribution is -2.33. The molecule has 0 bridgehead atoms. The highest BCUT2D eigenvalue weighted by Crippen LogP contribution is 2.19. The number of halogens is 2. The molecule has 106 valence electrons. The van der Waals surface area contributed by atoms with Crippen molar-refractivity contribution in [1.82, 2.24) is 10.2 Å². The van der Waals surface area contributed by atoms with E-state index >= 15 is 0 Å². The molecule has 0 aromatic heterocycles. The molecule has 1 N–H and O–H groups in total. The van der Waals surface area contributed by atoms with Gasteiger partial charge in [-0.25, -0.2) is 4.39 Å². The predicted molar refractivity (Wildman–Crippen MR) is 81.8 cm³/mol. The number of hydrogen-bond donors (Lipinski definition) is 1. The van der Waals surface area contributed by atoms with Gasteiger partial charge in [0.2, 0.25) is 5.91 Å². The van der Waals surface area contributed by atoms with Gasteiger partial charge in [0.15, 0.2) is 0 Å². The van der Waals surface area contributed by atoms with Crippen LogP contribution in [0.3, 0.4) is 0 Å². The first kappa shape index (κ1) is 16.5. The Kier molecular flexibility index (Phi) is 7.41. The molecule has 1 amide bonds. The van der Waals surface area contributed by atoms with Gasteiger partial charge in [0, 0.05) is 30.4 Å². The van der Waals surface area contributed by atoms with Crippen LogP contribution in [0.15, 0.2) is 22.7 Å². The van der Waals surface area contributed by atoms with Gasteiger partial charge in [-0.3, -0.25) is 4.79 Å². The second-order valence-corrected chi connectivity index (χ2v) is 6.05. The number of likely N-dealkylation sites (N-methyl/N-ethyl adjacent to an activating group) is 2. The zero-order chi connectivity index (χ0) is 14.3. The van der Waals surface area contributed by atoms with E-state index in [1.807, 2.05) is 7.05 Å². The largest absolute Gasteiger partial charge is 0.344 e. The van der Waals surface area contributed by atoms with E-state index in [9.17, 15) is 9.18 Å². The van der Waals surface area contributed by atoms with Gasteiger partial charge >= 0.3 is 0 Å². The van der Waals surface area contributed by atoms with Gasteiger partial charge in [0.25, 0.3) is 0 Å². The number of benzene rings is 1. The van der Waals surface area contributed by atoms with Crippen molar-refractivity contribution in [2.45, 2.75) is 5.75 Å². The molecule has 1 aromatic rings. The fourth-order valence-corrected chi connectivity index (χ4v) is 2.69. The van der Waals surface area contributed by atoms with Crippen LogP contribution in [-0.2, 0) is 10.5 Å². The molecule has 0 aliphatic heterocycles. The van der Waals surface area contributed by atoms with E-state index in [4.69, 9.17) is 0 Å². The Balaban J connectivity index is 2.35. The number of thioether (sulfide) groups is 1. The molecule has 0 fully saturated rings. The van der Waals surface area contributed by atoms with Crippen LogP contribution >= 0.6 is 27.7 Å². The minimum atomic E-state index is -0.238. The molecule has 0 aliphatic carbocycles.